The minimum atomic E-state index is -0.579. The van der Waals surface area contributed by atoms with Gasteiger partial charge in [-0.05, 0) is 6.42 Å². The first-order chi connectivity index (χ1) is 7.40. The molecule has 0 aliphatic rings. The van der Waals surface area contributed by atoms with Crippen LogP contribution in [0.1, 0.15) is 30.6 Å². The van der Waals surface area contributed by atoms with Crippen LogP contribution in [0.3, 0.4) is 0 Å². The molecule has 0 aliphatic carbocycles. The predicted octanol–water partition coefficient (Wildman–Crippen LogP) is 2.69. The van der Waals surface area contributed by atoms with Gasteiger partial charge in [-0.25, -0.2) is 0 Å². The first kappa shape index (κ1) is 12.6. The van der Waals surface area contributed by atoms with E-state index in [9.17, 15) is 20.1 Å². The molecular weight excluding hydrogens is 232 g/mol. The van der Waals surface area contributed by atoms with Gasteiger partial charge in [0.05, 0.1) is 0 Å². The lowest BCUT2D eigenvalue weighted by atomic mass is 9.95. The second-order valence-corrected chi connectivity index (χ2v) is 4.00. The molecule has 0 radical (unpaired) electrons. The van der Waals surface area contributed by atoms with Gasteiger partial charge in [-0.1, -0.05) is 25.4 Å². The molecule has 0 spiro atoms. The van der Waals surface area contributed by atoms with Crippen molar-refractivity contribution >= 4 is 17.4 Å². The summed E-state index contributed by atoms with van der Waals surface area (Å²) in [5.41, 5.74) is -0.239. The van der Waals surface area contributed by atoms with Crippen LogP contribution in [0.2, 0.25) is 5.02 Å². The van der Waals surface area contributed by atoms with Crippen molar-refractivity contribution in [1.29, 1.82) is 0 Å². The van der Waals surface area contributed by atoms with Crippen LogP contribution in [0.25, 0.3) is 0 Å². The molecule has 1 rings (SSSR count). The Morgan fingerprint density at radius 1 is 1.38 bits per heavy atom. The quantitative estimate of drug-likeness (QED) is 0.715. The summed E-state index contributed by atoms with van der Waals surface area (Å²) in [5.74, 6) is -2.25. The van der Waals surface area contributed by atoms with Crippen molar-refractivity contribution in [3.05, 3.63) is 16.7 Å². The first-order valence-electron chi connectivity index (χ1n) is 4.87. The van der Waals surface area contributed by atoms with Gasteiger partial charge in [0.2, 0.25) is 0 Å². The Hall–Kier alpha value is -1.42. The molecule has 1 unspecified atom stereocenters. The number of aromatic hydroxyl groups is 3. The molecular formula is C11H13ClO4. The molecule has 0 bridgehead atoms. The number of halogens is 1. The second-order valence-electron chi connectivity index (χ2n) is 3.63. The summed E-state index contributed by atoms with van der Waals surface area (Å²) in [4.78, 5) is 11.8. The summed E-state index contributed by atoms with van der Waals surface area (Å²) in [6.45, 7) is 3.50. The number of phenolic OH excluding ortho intramolecular Hbond substituents is 3. The molecule has 16 heavy (non-hydrogen) atoms. The lowest BCUT2D eigenvalue weighted by Gasteiger charge is -2.12. The molecule has 5 heteroatoms. The minimum Gasteiger partial charge on any atom is -0.507 e. The van der Waals surface area contributed by atoms with E-state index in [0.717, 1.165) is 6.07 Å². The van der Waals surface area contributed by atoms with Crippen LogP contribution in [0.5, 0.6) is 17.2 Å². The molecule has 0 saturated carbocycles. The number of rotatable bonds is 3. The Bertz CT molecular complexity index is 428. The molecule has 0 aliphatic heterocycles. The monoisotopic (exact) mass is 244 g/mol. The fraction of sp³-hybridized carbons (Fsp3) is 0.364. The Balaban J connectivity index is 3.34. The number of carbonyl (C=O) groups excluding carboxylic acids is 1. The zero-order chi connectivity index (χ0) is 12.5. The third kappa shape index (κ3) is 2.07. The lowest BCUT2D eigenvalue weighted by Crippen LogP contribution is -2.10. The van der Waals surface area contributed by atoms with Crippen LogP contribution in [0.4, 0.5) is 0 Å². The maximum Gasteiger partial charge on any atom is 0.173 e. The van der Waals surface area contributed by atoms with E-state index >= 15 is 0 Å². The zero-order valence-electron chi connectivity index (χ0n) is 8.99. The molecule has 0 saturated heterocycles. The number of carbonyl (C=O) groups is 1. The maximum absolute atomic E-state index is 11.8. The highest BCUT2D eigenvalue weighted by atomic mass is 35.5. The lowest BCUT2D eigenvalue weighted by molar-refractivity contribution is 0.0921. The second kappa shape index (κ2) is 4.61. The summed E-state index contributed by atoms with van der Waals surface area (Å²) >= 11 is 5.58. The first-order valence-corrected chi connectivity index (χ1v) is 5.25. The van der Waals surface area contributed by atoms with Gasteiger partial charge in [-0.15, -0.1) is 0 Å². The van der Waals surface area contributed by atoms with Gasteiger partial charge >= 0.3 is 0 Å². The van der Waals surface area contributed by atoms with Crippen molar-refractivity contribution in [1.82, 2.24) is 0 Å². The van der Waals surface area contributed by atoms with E-state index in [1.807, 2.05) is 6.92 Å². The summed E-state index contributed by atoms with van der Waals surface area (Å²) < 4.78 is 0. The number of hydrogen-bond donors (Lipinski definition) is 3. The van der Waals surface area contributed by atoms with Crippen molar-refractivity contribution in [3.63, 3.8) is 0 Å². The van der Waals surface area contributed by atoms with Crippen LogP contribution in [-0.4, -0.2) is 21.1 Å². The average Bonchev–Trinajstić information content (AvgIpc) is 2.24. The minimum absolute atomic E-state index is 0.239. The average molecular weight is 245 g/mol. The Labute approximate surface area is 98.1 Å². The van der Waals surface area contributed by atoms with Crippen LogP contribution in [0.15, 0.2) is 6.07 Å². The van der Waals surface area contributed by atoms with Gasteiger partial charge in [0, 0.05) is 12.0 Å². The van der Waals surface area contributed by atoms with Crippen LogP contribution < -0.4 is 0 Å². The van der Waals surface area contributed by atoms with Gasteiger partial charge in [0.15, 0.2) is 11.5 Å². The van der Waals surface area contributed by atoms with Crippen molar-refractivity contribution in [2.24, 2.45) is 5.92 Å². The SMILES string of the molecule is CCC(C)C(=O)c1c(O)cc(O)c(Cl)c1O. The number of Topliss-reactive ketones (excluding diaryl/α,β-unsaturated/α-hetero) is 1. The van der Waals surface area contributed by atoms with E-state index in [-0.39, 0.29) is 16.5 Å². The normalized spacial score (nSPS) is 12.4. The van der Waals surface area contributed by atoms with Crippen molar-refractivity contribution in [3.8, 4) is 17.2 Å². The molecule has 0 amide bonds. The van der Waals surface area contributed by atoms with Crippen molar-refractivity contribution < 1.29 is 20.1 Å². The number of hydrogen-bond acceptors (Lipinski definition) is 4. The summed E-state index contributed by atoms with van der Waals surface area (Å²) in [7, 11) is 0. The van der Waals surface area contributed by atoms with Gasteiger partial charge < -0.3 is 15.3 Å². The fourth-order valence-corrected chi connectivity index (χ4v) is 1.44. The van der Waals surface area contributed by atoms with Crippen LogP contribution in [-0.2, 0) is 0 Å². The third-order valence-corrected chi connectivity index (χ3v) is 2.88. The van der Waals surface area contributed by atoms with E-state index in [4.69, 9.17) is 11.6 Å². The van der Waals surface area contributed by atoms with E-state index in [2.05, 4.69) is 0 Å². The molecule has 3 N–H and O–H groups in total. The van der Waals surface area contributed by atoms with Crippen LogP contribution in [0, 0.1) is 5.92 Å². The number of ketones is 1. The highest BCUT2D eigenvalue weighted by Crippen LogP contribution is 2.41. The summed E-state index contributed by atoms with van der Waals surface area (Å²) in [6.07, 6.45) is 0.580. The molecule has 4 nitrogen and oxygen atoms in total. The fourth-order valence-electron chi connectivity index (χ4n) is 1.29. The van der Waals surface area contributed by atoms with E-state index in [0.29, 0.717) is 6.42 Å². The zero-order valence-corrected chi connectivity index (χ0v) is 9.75. The smallest absolute Gasteiger partial charge is 0.173 e. The Kier molecular flexibility index (Phi) is 3.65. The topological polar surface area (TPSA) is 77.8 Å². The molecule has 1 aromatic carbocycles. The van der Waals surface area contributed by atoms with Gasteiger partial charge in [-0.3, -0.25) is 4.79 Å². The van der Waals surface area contributed by atoms with Crippen LogP contribution >= 0.6 is 11.6 Å². The van der Waals surface area contributed by atoms with Crippen molar-refractivity contribution in [2.75, 3.05) is 0 Å². The van der Waals surface area contributed by atoms with Gasteiger partial charge in [0.25, 0.3) is 0 Å². The molecule has 0 aromatic heterocycles. The number of benzene rings is 1. The highest BCUT2D eigenvalue weighted by molar-refractivity contribution is 6.34. The molecule has 0 heterocycles. The van der Waals surface area contributed by atoms with E-state index < -0.39 is 23.0 Å². The summed E-state index contributed by atoms with van der Waals surface area (Å²) in [6, 6.07) is 0.942. The highest BCUT2D eigenvalue weighted by Gasteiger charge is 2.24. The van der Waals surface area contributed by atoms with Crippen molar-refractivity contribution in [2.45, 2.75) is 20.3 Å². The standard InChI is InChI=1S/C11H13ClO4/c1-3-5(2)10(15)8-6(13)4-7(14)9(12)11(8)16/h4-5,13-14,16H,3H2,1-2H3. The molecule has 88 valence electrons. The molecule has 1 atom stereocenters. The van der Waals surface area contributed by atoms with Gasteiger partial charge in [-0.2, -0.15) is 0 Å². The maximum atomic E-state index is 11.8. The van der Waals surface area contributed by atoms with Gasteiger partial charge in [0.1, 0.15) is 22.1 Å². The summed E-state index contributed by atoms with van der Waals surface area (Å²) in [5, 5.41) is 28.0. The third-order valence-electron chi connectivity index (χ3n) is 2.51. The largest absolute Gasteiger partial charge is 0.507 e. The molecule has 1 aromatic rings. The number of phenols is 3. The van der Waals surface area contributed by atoms with E-state index in [1.165, 1.54) is 0 Å². The Morgan fingerprint density at radius 3 is 2.44 bits per heavy atom. The van der Waals surface area contributed by atoms with E-state index in [1.54, 1.807) is 6.92 Å². The Morgan fingerprint density at radius 2 is 1.94 bits per heavy atom. The predicted molar refractivity (Wildman–Crippen MR) is 60.2 cm³/mol. The molecule has 0 fully saturated rings.